The first kappa shape index (κ1) is 20.7. The molecule has 4 amide bonds. The summed E-state index contributed by atoms with van der Waals surface area (Å²) >= 11 is 0. The Labute approximate surface area is 177 Å². The van der Waals surface area contributed by atoms with E-state index in [0.29, 0.717) is 30.4 Å². The fourth-order valence-corrected chi connectivity index (χ4v) is 4.76. The molecule has 3 fully saturated rings. The van der Waals surface area contributed by atoms with Crippen LogP contribution in [0, 0.1) is 11.8 Å². The minimum Gasteiger partial charge on any atom is -0.497 e. The Bertz CT molecular complexity index is 825. The van der Waals surface area contributed by atoms with Crippen LogP contribution < -0.4 is 15.0 Å². The van der Waals surface area contributed by atoms with Crippen LogP contribution in [0.1, 0.15) is 52.4 Å². The lowest BCUT2D eigenvalue weighted by molar-refractivity contribution is -0.135. The minimum atomic E-state index is -0.822. The van der Waals surface area contributed by atoms with E-state index in [1.54, 1.807) is 12.0 Å². The number of hydrogen-bond donors (Lipinski definition) is 1. The van der Waals surface area contributed by atoms with Gasteiger partial charge in [-0.3, -0.25) is 14.5 Å². The molecule has 1 N–H and O–H groups in total. The van der Waals surface area contributed by atoms with E-state index in [0.717, 1.165) is 36.3 Å². The van der Waals surface area contributed by atoms with Crippen LogP contribution in [0.25, 0.3) is 0 Å². The number of benzene rings is 1. The third-order valence-corrected chi connectivity index (χ3v) is 7.00. The van der Waals surface area contributed by atoms with Crippen molar-refractivity contribution in [1.29, 1.82) is 0 Å². The average Bonchev–Trinajstić information content (AvgIpc) is 3.56. The number of ether oxygens (including phenoxy) is 1. The van der Waals surface area contributed by atoms with Crippen molar-refractivity contribution in [2.24, 2.45) is 11.8 Å². The van der Waals surface area contributed by atoms with E-state index in [-0.39, 0.29) is 24.4 Å². The second kappa shape index (κ2) is 7.93. The van der Waals surface area contributed by atoms with Crippen molar-refractivity contribution >= 4 is 23.5 Å². The Morgan fingerprint density at radius 1 is 1.20 bits per heavy atom. The number of amides is 4. The molecule has 0 aromatic heterocycles. The Balaban J connectivity index is 1.53. The molecule has 0 radical (unpaired) electrons. The molecule has 2 aliphatic carbocycles. The number of carbonyl (C=O) groups excluding carboxylic acids is 3. The Hall–Kier alpha value is -2.57. The molecule has 1 atom stereocenters. The van der Waals surface area contributed by atoms with E-state index < -0.39 is 11.6 Å². The summed E-state index contributed by atoms with van der Waals surface area (Å²) in [5.74, 6) is 1.24. The summed E-state index contributed by atoms with van der Waals surface area (Å²) in [7, 11) is 1.60. The molecule has 30 heavy (non-hydrogen) atoms. The maximum Gasteiger partial charge on any atom is 0.325 e. The molecule has 4 rings (SSSR count). The van der Waals surface area contributed by atoms with Gasteiger partial charge in [0.05, 0.1) is 7.11 Å². The second-order valence-electron chi connectivity index (χ2n) is 9.13. The Morgan fingerprint density at radius 2 is 1.83 bits per heavy atom. The van der Waals surface area contributed by atoms with Gasteiger partial charge in [-0.1, -0.05) is 6.92 Å². The highest BCUT2D eigenvalue weighted by atomic mass is 16.5. The summed E-state index contributed by atoms with van der Waals surface area (Å²) in [6, 6.07) is 6.91. The number of nitrogens with one attached hydrogen (secondary N) is 1. The van der Waals surface area contributed by atoms with Gasteiger partial charge in [0.1, 0.15) is 17.8 Å². The molecular weight excluding hydrogens is 382 g/mol. The highest BCUT2D eigenvalue weighted by molar-refractivity contribution is 6.10. The average molecular weight is 414 g/mol. The van der Waals surface area contributed by atoms with Gasteiger partial charge >= 0.3 is 6.03 Å². The predicted molar refractivity (Wildman–Crippen MR) is 113 cm³/mol. The number of urea groups is 1. The van der Waals surface area contributed by atoms with Gasteiger partial charge in [-0.15, -0.1) is 0 Å². The molecule has 1 saturated heterocycles. The Kier molecular flexibility index (Phi) is 5.47. The third-order valence-electron chi connectivity index (χ3n) is 7.00. The number of anilines is 1. The van der Waals surface area contributed by atoms with Crippen LogP contribution in [0.5, 0.6) is 5.75 Å². The van der Waals surface area contributed by atoms with Gasteiger partial charge in [0.15, 0.2) is 0 Å². The monoisotopic (exact) mass is 413 g/mol. The first-order valence-electron chi connectivity index (χ1n) is 10.9. The highest BCUT2D eigenvalue weighted by Crippen LogP contribution is 2.38. The van der Waals surface area contributed by atoms with E-state index in [1.165, 1.54) is 0 Å². The predicted octanol–water partition coefficient (Wildman–Crippen LogP) is 3.33. The fourth-order valence-electron chi connectivity index (χ4n) is 4.76. The van der Waals surface area contributed by atoms with E-state index in [4.69, 9.17) is 4.74 Å². The van der Waals surface area contributed by atoms with E-state index >= 15 is 0 Å². The van der Waals surface area contributed by atoms with Gasteiger partial charge in [0, 0.05) is 11.7 Å². The van der Waals surface area contributed by atoms with Crippen LogP contribution in [-0.4, -0.2) is 48.0 Å². The smallest absolute Gasteiger partial charge is 0.325 e. The van der Waals surface area contributed by atoms with Crippen molar-refractivity contribution in [3.63, 3.8) is 0 Å². The van der Waals surface area contributed by atoms with Gasteiger partial charge in [-0.2, -0.15) is 0 Å². The van der Waals surface area contributed by atoms with Crippen LogP contribution >= 0.6 is 0 Å². The van der Waals surface area contributed by atoms with Crippen molar-refractivity contribution in [3.05, 3.63) is 24.3 Å². The standard InChI is InChI=1S/C23H31N3O4/c1-15-10-12-23(13-11-15)21(28)25(22(29)24-23)14-20(27)26(16(2)17-4-5-17)18-6-8-19(30-3)9-7-18/h6-9,15-17H,4-5,10-14H2,1-3H3,(H,24,29). The SMILES string of the molecule is COc1ccc(N(C(=O)CN2C(=O)NC3(CCC(C)CC3)C2=O)C(C)C2CC2)cc1. The van der Waals surface area contributed by atoms with Crippen LogP contribution in [0.3, 0.4) is 0 Å². The van der Waals surface area contributed by atoms with Crippen molar-refractivity contribution in [3.8, 4) is 5.75 Å². The van der Waals surface area contributed by atoms with E-state index in [1.807, 2.05) is 31.2 Å². The number of hydrogen-bond acceptors (Lipinski definition) is 4. The van der Waals surface area contributed by atoms with E-state index in [9.17, 15) is 14.4 Å². The van der Waals surface area contributed by atoms with Gasteiger partial charge in [-0.05, 0) is 81.5 Å². The van der Waals surface area contributed by atoms with Crippen LogP contribution in [0.4, 0.5) is 10.5 Å². The molecule has 1 aliphatic heterocycles. The van der Waals surface area contributed by atoms with Crippen LogP contribution in [0.15, 0.2) is 24.3 Å². The first-order valence-corrected chi connectivity index (χ1v) is 10.9. The molecule has 1 heterocycles. The number of rotatable bonds is 6. The van der Waals surface area contributed by atoms with Crippen molar-refractivity contribution < 1.29 is 19.1 Å². The van der Waals surface area contributed by atoms with E-state index in [2.05, 4.69) is 12.2 Å². The molecule has 7 heteroatoms. The topological polar surface area (TPSA) is 79.0 Å². The fraction of sp³-hybridized carbons (Fsp3) is 0.609. The van der Waals surface area contributed by atoms with Gasteiger partial charge in [0.2, 0.25) is 5.91 Å². The van der Waals surface area contributed by atoms with Crippen molar-refractivity contribution in [2.45, 2.75) is 64.0 Å². The van der Waals surface area contributed by atoms with Crippen LogP contribution in [0.2, 0.25) is 0 Å². The van der Waals surface area contributed by atoms with Gasteiger partial charge in [-0.25, -0.2) is 4.79 Å². The summed E-state index contributed by atoms with van der Waals surface area (Å²) < 4.78 is 5.23. The summed E-state index contributed by atoms with van der Waals surface area (Å²) in [4.78, 5) is 42.0. The van der Waals surface area contributed by atoms with Crippen molar-refractivity contribution in [2.75, 3.05) is 18.6 Å². The number of carbonyl (C=O) groups is 3. The second-order valence-corrected chi connectivity index (χ2v) is 9.13. The van der Waals surface area contributed by atoms with Gasteiger partial charge < -0.3 is 15.0 Å². The lowest BCUT2D eigenvalue weighted by atomic mass is 9.77. The number of nitrogens with zero attached hydrogens (tertiary/aromatic N) is 2. The molecule has 1 unspecified atom stereocenters. The summed E-state index contributed by atoms with van der Waals surface area (Å²) in [6.07, 6.45) is 5.28. The molecule has 3 aliphatic rings. The summed E-state index contributed by atoms with van der Waals surface area (Å²) in [5, 5.41) is 2.90. The molecule has 7 nitrogen and oxygen atoms in total. The normalized spacial score (nSPS) is 27.2. The third kappa shape index (κ3) is 3.77. The highest BCUT2D eigenvalue weighted by Gasteiger charge is 2.52. The first-order chi connectivity index (χ1) is 14.3. The maximum atomic E-state index is 13.4. The Morgan fingerprint density at radius 3 is 2.40 bits per heavy atom. The molecule has 1 spiro atoms. The molecule has 1 aromatic rings. The molecule has 1 aromatic carbocycles. The van der Waals surface area contributed by atoms with Crippen LogP contribution in [-0.2, 0) is 9.59 Å². The van der Waals surface area contributed by atoms with Crippen molar-refractivity contribution in [1.82, 2.24) is 10.2 Å². The lowest BCUT2D eigenvalue weighted by Gasteiger charge is -2.34. The molecule has 2 saturated carbocycles. The number of methoxy groups -OCH3 is 1. The zero-order valence-electron chi connectivity index (χ0n) is 18.0. The minimum absolute atomic E-state index is 0.0103. The lowest BCUT2D eigenvalue weighted by Crippen LogP contribution is -2.50. The number of imide groups is 1. The largest absolute Gasteiger partial charge is 0.497 e. The zero-order chi connectivity index (χ0) is 21.5. The van der Waals surface area contributed by atoms with Gasteiger partial charge in [0.25, 0.3) is 5.91 Å². The molecule has 0 bridgehead atoms. The maximum absolute atomic E-state index is 13.4. The summed E-state index contributed by atoms with van der Waals surface area (Å²) in [6.45, 7) is 3.97. The molecular formula is C23H31N3O4. The summed E-state index contributed by atoms with van der Waals surface area (Å²) in [5.41, 5.74) is -0.0647. The quantitative estimate of drug-likeness (QED) is 0.726. The zero-order valence-corrected chi connectivity index (χ0v) is 18.0. The molecule has 162 valence electrons.